The highest BCUT2D eigenvalue weighted by Crippen LogP contribution is 2.51. The van der Waals surface area contributed by atoms with Crippen molar-refractivity contribution in [1.82, 2.24) is 15.1 Å². The number of benzene rings is 1. The van der Waals surface area contributed by atoms with Gasteiger partial charge in [0.15, 0.2) is 0 Å². The molecule has 1 aliphatic heterocycles. The fourth-order valence-corrected chi connectivity index (χ4v) is 4.96. The van der Waals surface area contributed by atoms with Crippen LogP contribution in [0.25, 0.3) is 10.9 Å². The summed E-state index contributed by atoms with van der Waals surface area (Å²) < 4.78 is 0. The Morgan fingerprint density at radius 1 is 1.29 bits per heavy atom. The first-order valence-corrected chi connectivity index (χ1v) is 9.05. The van der Waals surface area contributed by atoms with E-state index >= 15 is 0 Å². The minimum atomic E-state index is -0.878. The Morgan fingerprint density at radius 2 is 2.00 bits per heavy atom. The lowest BCUT2D eigenvalue weighted by Crippen LogP contribution is -2.33. The van der Waals surface area contributed by atoms with Crippen LogP contribution in [0.1, 0.15) is 31.2 Å². The summed E-state index contributed by atoms with van der Waals surface area (Å²) in [6, 6.07) is 3.70. The van der Waals surface area contributed by atoms with Gasteiger partial charge in [0.1, 0.15) is 0 Å². The molecule has 6 heteroatoms. The first-order valence-electron chi connectivity index (χ1n) is 8.68. The van der Waals surface area contributed by atoms with Gasteiger partial charge in [0.2, 0.25) is 5.91 Å². The molecule has 1 aromatic heterocycles. The predicted molar refractivity (Wildman–Crippen MR) is 90.5 cm³/mol. The molecule has 2 N–H and O–H groups in total. The largest absolute Gasteiger partial charge is 0.385 e. The predicted octanol–water partition coefficient (Wildman–Crippen LogP) is 2.68. The molecule has 5 rings (SSSR count). The zero-order chi connectivity index (χ0) is 16.5. The molecular formula is C18H20ClN3O2. The highest BCUT2D eigenvalue weighted by molar-refractivity contribution is 6.31. The number of hydrogen-bond acceptors (Lipinski definition) is 3. The lowest BCUT2D eigenvalue weighted by Gasteiger charge is -2.27. The third-order valence-electron chi connectivity index (χ3n) is 6.04. The highest BCUT2D eigenvalue weighted by atomic mass is 35.5. The Hall–Kier alpha value is -1.59. The molecule has 0 radical (unpaired) electrons. The van der Waals surface area contributed by atoms with Gasteiger partial charge in [-0.25, -0.2) is 0 Å². The van der Waals surface area contributed by atoms with Gasteiger partial charge in [-0.2, -0.15) is 5.10 Å². The number of aliphatic hydroxyl groups is 1. The molecule has 1 aromatic carbocycles. The van der Waals surface area contributed by atoms with Crippen molar-refractivity contribution in [3.8, 4) is 0 Å². The number of halogens is 1. The zero-order valence-electron chi connectivity index (χ0n) is 13.3. The van der Waals surface area contributed by atoms with Crippen LogP contribution in [0.4, 0.5) is 0 Å². The average Bonchev–Trinajstić information content (AvgIpc) is 3.03. The van der Waals surface area contributed by atoms with Crippen molar-refractivity contribution >= 4 is 28.4 Å². The van der Waals surface area contributed by atoms with Crippen molar-refractivity contribution in [3.63, 3.8) is 0 Å². The maximum atomic E-state index is 12.3. The minimum absolute atomic E-state index is 0.279. The SMILES string of the molecule is O=C(C1CC1)N1C[C@@H]2C[C@@](O)(c3cc(Cl)cc4[nH]ncc34)C[C@@H]2C1. The third kappa shape index (κ3) is 2.18. The lowest BCUT2D eigenvalue weighted by atomic mass is 9.88. The van der Waals surface area contributed by atoms with Gasteiger partial charge in [-0.1, -0.05) is 11.6 Å². The van der Waals surface area contributed by atoms with Crippen LogP contribution in [0, 0.1) is 17.8 Å². The van der Waals surface area contributed by atoms with Gasteiger partial charge in [-0.15, -0.1) is 0 Å². The van der Waals surface area contributed by atoms with E-state index in [4.69, 9.17) is 11.6 Å². The van der Waals surface area contributed by atoms with Gasteiger partial charge < -0.3 is 10.0 Å². The van der Waals surface area contributed by atoms with E-state index in [1.54, 1.807) is 6.20 Å². The molecule has 2 heterocycles. The second-order valence-electron chi connectivity index (χ2n) is 7.76. The molecule has 126 valence electrons. The number of carbonyl (C=O) groups excluding carboxylic acids is 1. The second-order valence-corrected chi connectivity index (χ2v) is 8.20. The van der Waals surface area contributed by atoms with Gasteiger partial charge >= 0.3 is 0 Å². The molecule has 1 amide bonds. The second kappa shape index (κ2) is 4.96. The van der Waals surface area contributed by atoms with E-state index in [0.29, 0.717) is 35.6 Å². The average molecular weight is 346 g/mol. The van der Waals surface area contributed by atoms with E-state index in [2.05, 4.69) is 10.2 Å². The normalized spacial score (nSPS) is 32.5. The monoisotopic (exact) mass is 345 g/mol. The number of rotatable bonds is 2. The molecule has 24 heavy (non-hydrogen) atoms. The number of fused-ring (bicyclic) bond motifs is 2. The van der Waals surface area contributed by atoms with Crippen molar-refractivity contribution in [2.24, 2.45) is 17.8 Å². The van der Waals surface area contributed by atoms with E-state index in [1.807, 2.05) is 17.0 Å². The summed E-state index contributed by atoms with van der Waals surface area (Å²) in [6.07, 6.45) is 5.24. The molecule has 0 spiro atoms. The van der Waals surface area contributed by atoms with Crippen LogP contribution < -0.4 is 0 Å². The molecule has 3 atom stereocenters. The number of nitrogens with zero attached hydrogens (tertiary/aromatic N) is 2. The van der Waals surface area contributed by atoms with E-state index in [9.17, 15) is 9.90 Å². The quantitative estimate of drug-likeness (QED) is 0.879. The van der Waals surface area contributed by atoms with E-state index < -0.39 is 5.60 Å². The Kier molecular flexibility index (Phi) is 3.04. The standard InChI is InChI=1S/C18H20ClN3O2/c19-13-3-15(14-7-20-21-16(14)4-13)18(24)5-11-8-22(9-12(11)6-18)17(23)10-1-2-10/h3-4,7,10-12,24H,1-2,5-6,8-9H2,(H,20,21)/t11-,12+,18-. The van der Waals surface area contributed by atoms with Crippen molar-refractivity contribution in [2.45, 2.75) is 31.3 Å². The number of carbonyl (C=O) groups is 1. The van der Waals surface area contributed by atoms with Crippen LogP contribution in [0.2, 0.25) is 5.02 Å². The Morgan fingerprint density at radius 3 is 2.67 bits per heavy atom. The number of nitrogens with one attached hydrogen (secondary N) is 1. The molecule has 0 unspecified atom stereocenters. The van der Waals surface area contributed by atoms with Crippen molar-refractivity contribution in [1.29, 1.82) is 0 Å². The van der Waals surface area contributed by atoms with Crippen molar-refractivity contribution in [3.05, 3.63) is 28.9 Å². The van der Waals surface area contributed by atoms with Gasteiger partial charge in [0.05, 0.1) is 17.3 Å². The van der Waals surface area contributed by atoms with E-state index in [-0.39, 0.29) is 5.92 Å². The smallest absolute Gasteiger partial charge is 0.225 e. The molecule has 1 saturated heterocycles. The number of aromatic amines is 1. The molecule has 2 aliphatic carbocycles. The Balaban J connectivity index is 1.42. The fraction of sp³-hybridized carbons (Fsp3) is 0.556. The van der Waals surface area contributed by atoms with Crippen LogP contribution in [-0.4, -0.2) is 39.2 Å². The van der Waals surface area contributed by atoms with Crippen LogP contribution in [0.15, 0.2) is 18.3 Å². The topological polar surface area (TPSA) is 69.2 Å². The molecule has 2 saturated carbocycles. The van der Waals surface area contributed by atoms with Gasteiger partial charge in [0.25, 0.3) is 0 Å². The van der Waals surface area contributed by atoms with Crippen LogP contribution in [-0.2, 0) is 10.4 Å². The number of amides is 1. The Bertz CT molecular complexity index is 815. The molecule has 5 nitrogen and oxygen atoms in total. The summed E-state index contributed by atoms with van der Waals surface area (Å²) in [6.45, 7) is 1.58. The lowest BCUT2D eigenvalue weighted by molar-refractivity contribution is -0.132. The highest BCUT2D eigenvalue weighted by Gasteiger charge is 2.51. The third-order valence-corrected chi connectivity index (χ3v) is 6.26. The first kappa shape index (κ1) is 14.7. The maximum absolute atomic E-state index is 12.3. The summed E-state index contributed by atoms with van der Waals surface area (Å²) >= 11 is 6.24. The summed E-state index contributed by atoms with van der Waals surface area (Å²) in [5, 5.41) is 19.9. The number of hydrogen-bond donors (Lipinski definition) is 2. The summed E-state index contributed by atoms with van der Waals surface area (Å²) in [5.41, 5.74) is 0.846. The number of likely N-dealkylation sites (tertiary alicyclic amines) is 1. The fourth-order valence-electron chi connectivity index (χ4n) is 4.74. The first-order chi connectivity index (χ1) is 11.5. The van der Waals surface area contributed by atoms with Gasteiger partial charge in [-0.3, -0.25) is 9.89 Å². The molecule has 3 aliphatic rings. The van der Waals surface area contributed by atoms with E-state index in [0.717, 1.165) is 42.4 Å². The van der Waals surface area contributed by atoms with Gasteiger partial charge in [0, 0.05) is 29.4 Å². The minimum Gasteiger partial charge on any atom is -0.385 e. The molecule has 0 bridgehead atoms. The summed E-state index contributed by atoms with van der Waals surface area (Å²) in [5.74, 6) is 1.35. The number of aromatic nitrogens is 2. The maximum Gasteiger partial charge on any atom is 0.225 e. The van der Waals surface area contributed by atoms with Gasteiger partial charge in [-0.05, 0) is 55.2 Å². The summed E-state index contributed by atoms with van der Waals surface area (Å²) in [4.78, 5) is 14.3. The molecule has 2 aromatic rings. The summed E-state index contributed by atoms with van der Waals surface area (Å²) in [7, 11) is 0. The van der Waals surface area contributed by atoms with E-state index in [1.165, 1.54) is 0 Å². The Labute approximate surface area is 145 Å². The number of H-pyrrole nitrogens is 1. The van der Waals surface area contributed by atoms with Crippen molar-refractivity contribution in [2.75, 3.05) is 13.1 Å². The zero-order valence-corrected chi connectivity index (χ0v) is 14.1. The molecule has 3 fully saturated rings. The molecular weight excluding hydrogens is 326 g/mol. The van der Waals surface area contributed by atoms with Crippen LogP contribution >= 0.6 is 11.6 Å². The van der Waals surface area contributed by atoms with Crippen molar-refractivity contribution < 1.29 is 9.90 Å². The van der Waals surface area contributed by atoms with Crippen LogP contribution in [0.5, 0.6) is 0 Å². The van der Waals surface area contributed by atoms with Crippen LogP contribution in [0.3, 0.4) is 0 Å².